The third-order valence-corrected chi connectivity index (χ3v) is 2.90. The Morgan fingerprint density at radius 3 is 2.75 bits per heavy atom. The van der Waals surface area contributed by atoms with Crippen molar-refractivity contribution in [1.82, 2.24) is 0 Å². The Bertz CT molecular complexity index is 356. The molecule has 0 spiro atoms. The summed E-state index contributed by atoms with van der Waals surface area (Å²) in [5.41, 5.74) is 1.17. The number of hydrogen-bond donors (Lipinski definition) is 1. The van der Waals surface area contributed by atoms with E-state index < -0.39 is 0 Å². The van der Waals surface area contributed by atoms with Gasteiger partial charge in [-0.3, -0.25) is 4.79 Å². The number of ether oxygens (including phenoxy) is 1. The zero-order valence-electron chi connectivity index (χ0n) is 9.19. The molecule has 0 unspecified atom stereocenters. The highest BCUT2D eigenvalue weighted by Crippen LogP contribution is 2.19. The number of phenols is 1. The fourth-order valence-corrected chi connectivity index (χ4v) is 1.97. The first kappa shape index (κ1) is 11.0. The van der Waals surface area contributed by atoms with Gasteiger partial charge >= 0.3 is 5.97 Å². The summed E-state index contributed by atoms with van der Waals surface area (Å²) >= 11 is 0. The average molecular weight is 220 g/mol. The molecule has 0 aliphatic carbocycles. The minimum atomic E-state index is -0.0676. The summed E-state index contributed by atoms with van der Waals surface area (Å²) in [5.74, 6) is 0.217. The van der Waals surface area contributed by atoms with Crippen molar-refractivity contribution in [3.8, 4) is 5.75 Å². The van der Waals surface area contributed by atoms with Crippen molar-refractivity contribution in [2.24, 2.45) is 0 Å². The van der Waals surface area contributed by atoms with E-state index in [1.165, 1.54) is 5.56 Å². The summed E-state index contributed by atoms with van der Waals surface area (Å²) in [6.07, 6.45) is 4.32. The maximum atomic E-state index is 11.1. The highest BCUT2D eigenvalue weighted by molar-refractivity contribution is 5.70. The standard InChI is InChI=1S/C13H16O3/c14-11-7-4-10(5-8-11)6-9-12-2-1-3-13(15)16-12/h4-5,7-8,12,14H,1-3,6,9H2/t12-/m1/s1. The van der Waals surface area contributed by atoms with Crippen LogP contribution < -0.4 is 0 Å². The van der Waals surface area contributed by atoms with Gasteiger partial charge in [0.15, 0.2) is 0 Å². The Hall–Kier alpha value is -1.51. The van der Waals surface area contributed by atoms with Crippen molar-refractivity contribution < 1.29 is 14.6 Å². The Morgan fingerprint density at radius 2 is 2.06 bits per heavy atom. The molecule has 16 heavy (non-hydrogen) atoms. The molecule has 1 aromatic rings. The number of carbonyl (C=O) groups excluding carboxylic acids is 1. The second-order valence-electron chi connectivity index (χ2n) is 4.21. The van der Waals surface area contributed by atoms with Gasteiger partial charge in [-0.2, -0.15) is 0 Å². The van der Waals surface area contributed by atoms with Crippen molar-refractivity contribution in [3.63, 3.8) is 0 Å². The number of aryl methyl sites for hydroxylation is 1. The molecule has 1 N–H and O–H groups in total. The third-order valence-electron chi connectivity index (χ3n) is 2.90. The summed E-state index contributed by atoms with van der Waals surface area (Å²) in [6.45, 7) is 0. The predicted octanol–water partition coefficient (Wildman–Crippen LogP) is 2.42. The van der Waals surface area contributed by atoms with Gasteiger partial charge in [0.2, 0.25) is 0 Å². The first-order valence-corrected chi connectivity index (χ1v) is 5.71. The first-order chi connectivity index (χ1) is 7.74. The van der Waals surface area contributed by atoms with Gasteiger partial charge < -0.3 is 9.84 Å². The van der Waals surface area contributed by atoms with Crippen molar-refractivity contribution in [2.75, 3.05) is 0 Å². The van der Waals surface area contributed by atoms with Gasteiger partial charge in [0.25, 0.3) is 0 Å². The van der Waals surface area contributed by atoms with Crippen molar-refractivity contribution in [3.05, 3.63) is 29.8 Å². The molecule has 1 heterocycles. The molecule has 0 saturated carbocycles. The number of hydrogen-bond acceptors (Lipinski definition) is 3. The molecular formula is C13H16O3. The number of esters is 1. The molecule has 1 aliphatic rings. The predicted molar refractivity (Wildman–Crippen MR) is 60.2 cm³/mol. The van der Waals surface area contributed by atoms with Crippen molar-refractivity contribution in [1.29, 1.82) is 0 Å². The van der Waals surface area contributed by atoms with E-state index in [9.17, 15) is 4.79 Å². The van der Waals surface area contributed by atoms with Gasteiger partial charge in [0.05, 0.1) is 0 Å². The average Bonchev–Trinajstić information content (AvgIpc) is 2.28. The van der Waals surface area contributed by atoms with Crippen LogP contribution in [0.5, 0.6) is 5.75 Å². The SMILES string of the molecule is O=C1CCC[C@H](CCc2ccc(O)cc2)O1. The highest BCUT2D eigenvalue weighted by atomic mass is 16.5. The zero-order chi connectivity index (χ0) is 11.4. The Kier molecular flexibility index (Phi) is 3.44. The topological polar surface area (TPSA) is 46.5 Å². The van der Waals surface area contributed by atoms with Crippen LogP contribution in [0.1, 0.15) is 31.2 Å². The summed E-state index contributed by atoms with van der Waals surface area (Å²) in [4.78, 5) is 11.1. The summed E-state index contributed by atoms with van der Waals surface area (Å²) in [6, 6.07) is 7.17. The second-order valence-corrected chi connectivity index (χ2v) is 4.21. The summed E-state index contributed by atoms with van der Waals surface area (Å²) in [7, 11) is 0. The Balaban J connectivity index is 1.82. The van der Waals surface area contributed by atoms with Crippen LogP contribution in [0, 0.1) is 0 Å². The van der Waals surface area contributed by atoms with Crippen LogP contribution >= 0.6 is 0 Å². The van der Waals surface area contributed by atoms with E-state index in [2.05, 4.69) is 0 Å². The van der Waals surface area contributed by atoms with Gasteiger partial charge in [0.1, 0.15) is 11.9 Å². The van der Waals surface area contributed by atoms with E-state index >= 15 is 0 Å². The van der Waals surface area contributed by atoms with Crippen LogP contribution in [0.25, 0.3) is 0 Å². The van der Waals surface area contributed by atoms with Gasteiger partial charge in [-0.05, 0) is 43.4 Å². The Morgan fingerprint density at radius 1 is 1.31 bits per heavy atom. The molecule has 1 fully saturated rings. The largest absolute Gasteiger partial charge is 0.508 e. The number of rotatable bonds is 3. The van der Waals surface area contributed by atoms with Crippen LogP contribution in [0.15, 0.2) is 24.3 Å². The quantitative estimate of drug-likeness (QED) is 0.796. The number of cyclic esters (lactones) is 1. The van der Waals surface area contributed by atoms with Crippen LogP contribution in [0.3, 0.4) is 0 Å². The third kappa shape index (κ3) is 2.99. The van der Waals surface area contributed by atoms with Crippen LogP contribution in [0.2, 0.25) is 0 Å². The van der Waals surface area contributed by atoms with Gasteiger partial charge in [0, 0.05) is 6.42 Å². The molecule has 0 amide bonds. The lowest BCUT2D eigenvalue weighted by Crippen LogP contribution is -2.23. The number of phenolic OH excluding ortho intramolecular Hbond substituents is 1. The molecule has 1 saturated heterocycles. The molecule has 3 nitrogen and oxygen atoms in total. The number of benzene rings is 1. The zero-order valence-corrected chi connectivity index (χ0v) is 9.19. The van der Waals surface area contributed by atoms with Gasteiger partial charge in [-0.1, -0.05) is 12.1 Å². The van der Waals surface area contributed by atoms with E-state index in [4.69, 9.17) is 9.84 Å². The van der Waals surface area contributed by atoms with Crippen LogP contribution in [0.4, 0.5) is 0 Å². The minimum Gasteiger partial charge on any atom is -0.508 e. The molecule has 1 aromatic carbocycles. The van der Waals surface area contributed by atoms with Crippen LogP contribution in [-0.4, -0.2) is 17.2 Å². The highest BCUT2D eigenvalue weighted by Gasteiger charge is 2.19. The van der Waals surface area contributed by atoms with E-state index in [-0.39, 0.29) is 17.8 Å². The monoisotopic (exact) mass is 220 g/mol. The fraction of sp³-hybridized carbons (Fsp3) is 0.462. The van der Waals surface area contributed by atoms with Gasteiger partial charge in [-0.15, -0.1) is 0 Å². The van der Waals surface area contributed by atoms with Crippen molar-refractivity contribution >= 4 is 5.97 Å². The first-order valence-electron chi connectivity index (χ1n) is 5.71. The molecule has 3 heteroatoms. The fourth-order valence-electron chi connectivity index (χ4n) is 1.97. The number of aromatic hydroxyl groups is 1. The van der Waals surface area contributed by atoms with E-state index in [1.54, 1.807) is 12.1 Å². The number of carbonyl (C=O) groups is 1. The van der Waals surface area contributed by atoms with Crippen LogP contribution in [-0.2, 0) is 16.0 Å². The molecule has 0 radical (unpaired) electrons. The summed E-state index contributed by atoms with van der Waals surface area (Å²) in [5, 5.41) is 9.14. The molecular weight excluding hydrogens is 204 g/mol. The maximum absolute atomic E-state index is 11.1. The van der Waals surface area contributed by atoms with Gasteiger partial charge in [-0.25, -0.2) is 0 Å². The minimum absolute atomic E-state index is 0.0676. The summed E-state index contributed by atoms with van der Waals surface area (Å²) < 4.78 is 5.24. The van der Waals surface area contributed by atoms with E-state index in [1.807, 2.05) is 12.1 Å². The smallest absolute Gasteiger partial charge is 0.306 e. The molecule has 0 bridgehead atoms. The maximum Gasteiger partial charge on any atom is 0.306 e. The molecule has 86 valence electrons. The Labute approximate surface area is 95.0 Å². The normalized spacial score (nSPS) is 20.5. The van der Waals surface area contributed by atoms with Crippen molar-refractivity contribution in [2.45, 2.75) is 38.2 Å². The lowest BCUT2D eigenvalue weighted by atomic mass is 10.0. The molecule has 0 aromatic heterocycles. The second kappa shape index (κ2) is 5.01. The lowest BCUT2D eigenvalue weighted by Gasteiger charge is -2.22. The van der Waals surface area contributed by atoms with E-state index in [0.717, 1.165) is 25.7 Å². The molecule has 1 atom stereocenters. The lowest BCUT2D eigenvalue weighted by molar-refractivity contribution is -0.153. The molecule has 1 aliphatic heterocycles. The van der Waals surface area contributed by atoms with E-state index in [0.29, 0.717) is 6.42 Å². The molecule has 2 rings (SSSR count).